The van der Waals surface area contributed by atoms with Gasteiger partial charge in [0.25, 0.3) is 9.70 Å². The van der Waals surface area contributed by atoms with E-state index in [9.17, 15) is 4.79 Å². The summed E-state index contributed by atoms with van der Waals surface area (Å²) in [6.07, 6.45) is 2.24. The van der Waals surface area contributed by atoms with Crippen molar-refractivity contribution in [1.82, 2.24) is 5.32 Å². The molecule has 1 aliphatic rings. The molecule has 0 spiro atoms. The first-order chi connectivity index (χ1) is 7.56. The maximum absolute atomic E-state index is 11.4. The van der Waals surface area contributed by atoms with E-state index in [0.29, 0.717) is 18.4 Å². The van der Waals surface area contributed by atoms with Crippen LogP contribution < -0.4 is 5.32 Å². The highest BCUT2D eigenvalue weighted by molar-refractivity contribution is 6.76. The summed E-state index contributed by atoms with van der Waals surface area (Å²) in [4.78, 5) is 11.4. The summed E-state index contributed by atoms with van der Waals surface area (Å²) in [5, 5.41) is 2.68. The fourth-order valence-corrected chi connectivity index (χ4v) is 2.37. The normalized spacial score (nSPS) is 26.3. The molecule has 0 radical (unpaired) electrons. The van der Waals surface area contributed by atoms with E-state index in [4.69, 9.17) is 34.8 Å². The molecule has 1 rings (SSSR count). The molecule has 0 aromatic carbocycles. The van der Waals surface area contributed by atoms with Crippen LogP contribution in [-0.2, 0) is 4.79 Å². The first-order valence-electron chi connectivity index (χ1n) is 5.57. The van der Waals surface area contributed by atoms with Crippen LogP contribution in [0.3, 0.4) is 0 Å². The summed E-state index contributed by atoms with van der Waals surface area (Å²) >= 11 is 16.5. The fraction of sp³-hybridized carbons (Fsp3) is 0.750. The van der Waals surface area contributed by atoms with Crippen LogP contribution in [0.4, 0.5) is 0 Å². The van der Waals surface area contributed by atoms with Gasteiger partial charge in [-0.1, -0.05) is 60.3 Å². The van der Waals surface area contributed by atoms with Gasteiger partial charge in [-0.2, -0.15) is 0 Å². The summed E-state index contributed by atoms with van der Waals surface area (Å²) in [5.41, 5.74) is 1.50. The molecule has 1 fully saturated rings. The number of hydrogen-bond acceptors (Lipinski definition) is 1. The first-order valence-corrected chi connectivity index (χ1v) is 6.70. The molecule has 1 N–H and O–H groups in total. The number of rotatable bonds is 3. The lowest BCUT2D eigenvalue weighted by Crippen LogP contribution is -2.36. The molecular formula is C12H18Cl3NO. The number of hydrogen-bond donors (Lipinski definition) is 1. The van der Waals surface area contributed by atoms with Crippen LogP contribution in [0, 0.1) is 17.3 Å². The Hall–Kier alpha value is 0.0800. The van der Waals surface area contributed by atoms with Gasteiger partial charge in [0.05, 0.1) is 0 Å². The Morgan fingerprint density at radius 3 is 2.29 bits per heavy atom. The van der Waals surface area contributed by atoms with Crippen molar-refractivity contribution in [3.63, 3.8) is 0 Å². The molecule has 2 nitrogen and oxygen atoms in total. The summed E-state index contributed by atoms with van der Waals surface area (Å²) < 4.78 is -1.87. The third kappa shape index (κ3) is 3.77. The van der Waals surface area contributed by atoms with Gasteiger partial charge in [-0.25, -0.2) is 0 Å². The van der Waals surface area contributed by atoms with Crippen LogP contribution in [0.5, 0.6) is 0 Å². The average Bonchev–Trinajstić information content (AvgIpc) is 2.61. The molecular weight excluding hydrogens is 280 g/mol. The van der Waals surface area contributed by atoms with E-state index in [1.54, 1.807) is 0 Å². The SMILES string of the molecule is CC(C)=C[C@@H]1[C@@H](CNC(=O)C(Cl)(Cl)Cl)C1(C)C. The standard InChI is InChI=1S/C12H18Cl3NO/c1-7(2)5-8-9(11(8,3)4)6-16-10(17)12(13,14)15/h5,8-9H,6H2,1-4H3,(H,16,17)/t8-,9-/m1/s1. The average molecular weight is 299 g/mol. The van der Waals surface area contributed by atoms with E-state index < -0.39 is 9.70 Å². The van der Waals surface area contributed by atoms with Crippen LogP contribution in [0.1, 0.15) is 27.7 Å². The molecule has 1 aliphatic carbocycles. The predicted molar refractivity (Wildman–Crippen MR) is 73.5 cm³/mol. The van der Waals surface area contributed by atoms with E-state index in [0.717, 1.165) is 0 Å². The van der Waals surface area contributed by atoms with Crippen LogP contribution in [-0.4, -0.2) is 16.2 Å². The van der Waals surface area contributed by atoms with Crippen molar-refractivity contribution in [3.8, 4) is 0 Å². The lowest BCUT2D eigenvalue weighted by molar-refractivity contribution is -0.120. The van der Waals surface area contributed by atoms with E-state index in [2.05, 4.69) is 39.1 Å². The summed E-state index contributed by atoms with van der Waals surface area (Å²) in [5.74, 6) is 0.345. The van der Waals surface area contributed by atoms with Gasteiger partial charge in [-0.05, 0) is 31.1 Å². The van der Waals surface area contributed by atoms with Gasteiger partial charge in [0.2, 0.25) is 0 Å². The van der Waals surface area contributed by atoms with Crippen molar-refractivity contribution in [3.05, 3.63) is 11.6 Å². The van der Waals surface area contributed by atoms with Gasteiger partial charge in [-0.3, -0.25) is 4.79 Å². The molecule has 0 aliphatic heterocycles. The number of carbonyl (C=O) groups is 1. The molecule has 1 amide bonds. The van der Waals surface area contributed by atoms with Gasteiger partial charge in [0, 0.05) is 6.54 Å². The third-order valence-electron chi connectivity index (χ3n) is 3.39. The minimum Gasteiger partial charge on any atom is -0.352 e. The van der Waals surface area contributed by atoms with Crippen LogP contribution >= 0.6 is 34.8 Å². The highest BCUT2D eigenvalue weighted by Gasteiger charge is 2.56. The van der Waals surface area contributed by atoms with E-state index in [1.165, 1.54) is 5.57 Å². The molecule has 17 heavy (non-hydrogen) atoms. The zero-order valence-corrected chi connectivity index (χ0v) is 12.7. The zero-order valence-electron chi connectivity index (χ0n) is 10.5. The van der Waals surface area contributed by atoms with Gasteiger partial charge in [0.15, 0.2) is 0 Å². The summed E-state index contributed by atoms with van der Waals surface area (Å²) in [6, 6.07) is 0. The van der Waals surface area contributed by atoms with Crippen molar-refractivity contribution >= 4 is 40.7 Å². The third-order valence-corrected chi connectivity index (χ3v) is 3.91. The predicted octanol–water partition coefficient (Wildman–Crippen LogP) is 3.71. The lowest BCUT2D eigenvalue weighted by Gasteiger charge is -2.11. The molecule has 0 heterocycles. The largest absolute Gasteiger partial charge is 0.352 e. The Morgan fingerprint density at radius 1 is 1.35 bits per heavy atom. The number of carbonyl (C=O) groups excluding carboxylic acids is 1. The number of halogens is 3. The van der Waals surface area contributed by atoms with Crippen LogP contribution in [0.2, 0.25) is 0 Å². The lowest BCUT2D eigenvalue weighted by atomic mass is 10.1. The van der Waals surface area contributed by atoms with Crippen LogP contribution in [0.15, 0.2) is 11.6 Å². The van der Waals surface area contributed by atoms with Gasteiger partial charge in [-0.15, -0.1) is 0 Å². The molecule has 0 aromatic rings. The Kier molecular flexibility index (Phi) is 4.44. The molecule has 0 aromatic heterocycles. The minimum atomic E-state index is -1.87. The maximum Gasteiger partial charge on any atom is 0.272 e. The quantitative estimate of drug-likeness (QED) is 0.624. The molecule has 5 heteroatoms. The topological polar surface area (TPSA) is 29.1 Å². The van der Waals surface area contributed by atoms with E-state index in [1.807, 2.05) is 0 Å². The highest BCUT2D eigenvalue weighted by Crippen LogP contribution is 2.58. The minimum absolute atomic E-state index is 0.206. The first kappa shape index (κ1) is 15.1. The number of alkyl halides is 3. The van der Waals surface area contributed by atoms with Gasteiger partial charge < -0.3 is 5.32 Å². The van der Waals surface area contributed by atoms with Crippen molar-refractivity contribution in [2.75, 3.05) is 6.54 Å². The number of nitrogens with one attached hydrogen (secondary N) is 1. The van der Waals surface area contributed by atoms with Crippen molar-refractivity contribution in [2.45, 2.75) is 31.5 Å². The Labute approximate surface area is 118 Å². The maximum atomic E-state index is 11.4. The second-order valence-electron chi connectivity index (χ2n) is 5.41. The van der Waals surface area contributed by atoms with Crippen molar-refractivity contribution in [1.29, 1.82) is 0 Å². The second kappa shape index (κ2) is 4.99. The fourth-order valence-electron chi connectivity index (χ4n) is 2.17. The summed E-state index contributed by atoms with van der Waals surface area (Å²) in [7, 11) is 0. The van der Waals surface area contributed by atoms with E-state index >= 15 is 0 Å². The van der Waals surface area contributed by atoms with E-state index in [-0.39, 0.29) is 5.41 Å². The number of amides is 1. The van der Waals surface area contributed by atoms with Crippen molar-refractivity contribution < 1.29 is 4.79 Å². The highest BCUT2D eigenvalue weighted by atomic mass is 35.6. The zero-order chi connectivity index (χ0) is 13.4. The Morgan fingerprint density at radius 2 is 1.88 bits per heavy atom. The smallest absolute Gasteiger partial charge is 0.272 e. The molecule has 1 saturated carbocycles. The summed E-state index contributed by atoms with van der Waals surface area (Å²) in [6.45, 7) is 9.07. The molecule has 98 valence electrons. The molecule has 0 saturated heterocycles. The second-order valence-corrected chi connectivity index (χ2v) is 7.69. The van der Waals surface area contributed by atoms with Crippen LogP contribution in [0.25, 0.3) is 0 Å². The van der Waals surface area contributed by atoms with Crippen molar-refractivity contribution in [2.24, 2.45) is 17.3 Å². The number of allylic oxidation sites excluding steroid dienone is 2. The molecule has 0 unspecified atom stereocenters. The van der Waals surface area contributed by atoms with Gasteiger partial charge >= 0.3 is 0 Å². The Bertz CT molecular complexity index is 340. The monoisotopic (exact) mass is 297 g/mol. The Balaban J connectivity index is 2.50. The van der Waals surface area contributed by atoms with Gasteiger partial charge in [0.1, 0.15) is 0 Å². The molecule has 2 atom stereocenters. The molecule has 0 bridgehead atoms.